The Morgan fingerprint density at radius 2 is 2.28 bits per heavy atom. The summed E-state index contributed by atoms with van der Waals surface area (Å²) in [5.41, 5.74) is -0.921. The highest BCUT2D eigenvalue weighted by molar-refractivity contribution is 5.77. The Kier molecular flexibility index (Phi) is 4.01. The molecule has 18 heavy (non-hydrogen) atoms. The number of carbonyl (C=O) groups excluding carboxylic acids is 1. The molecular weight excluding hydrogens is 232 g/mol. The first-order valence-electron chi connectivity index (χ1n) is 5.43. The van der Waals surface area contributed by atoms with Crippen LogP contribution in [0.5, 0.6) is 0 Å². The summed E-state index contributed by atoms with van der Waals surface area (Å²) in [5, 5.41) is 24.0. The minimum Gasteiger partial charge on any atom is -0.336 e. The maximum atomic E-state index is 11.8. The monoisotopic (exact) mass is 246 g/mol. The fraction of sp³-hybridized carbons (Fsp3) is 0.545. The third-order valence-electron chi connectivity index (χ3n) is 2.73. The van der Waals surface area contributed by atoms with E-state index in [-0.39, 0.29) is 24.2 Å². The molecule has 1 unspecified atom stereocenters. The molecule has 0 bridgehead atoms. The molecule has 0 aliphatic heterocycles. The largest absolute Gasteiger partial charge is 0.336 e. The second kappa shape index (κ2) is 5.28. The van der Waals surface area contributed by atoms with Crippen LogP contribution in [0.1, 0.15) is 26.6 Å². The van der Waals surface area contributed by atoms with Crippen molar-refractivity contribution in [1.82, 2.24) is 20.1 Å². The predicted molar refractivity (Wildman–Crippen MR) is 61.7 cm³/mol. The second-order valence-corrected chi connectivity index (χ2v) is 4.39. The van der Waals surface area contributed by atoms with Gasteiger partial charge in [-0.2, -0.15) is 10.5 Å². The third kappa shape index (κ3) is 3.05. The molecule has 0 aliphatic rings. The molecule has 1 aromatic heterocycles. The van der Waals surface area contributed by atoms with E-state index in [4.69, 9.17) is 10.5 Å². The number of nitrogens with zero attached hydrogens (tertiary/aromatic N) is 5. The zero-order valence-corrected chi connectivity index (χ0v) is 10.5. The van der Waals surface area contributed by atoms with Crippen molar-refractivity contribution in [2.24, 2.45) is 5.92 Å². The predicted octanol–water partition coefficient (Wildman–Crippen LogP) is 0.204. The molecule has 0 fully saturated rings. The summed E-state index contributed by atoms with van der Waals surface area (Å²) >= 11 is 0. The van der Waals surface area contributed by atoms with Crippen molar-refractivity contribution < 1.29 is 4.79 Å². The van der Waals surface area contributed by atoms with Gasteiger partial charge in [0, 0.05) is 0 Å². The number of hydrogen-bond donors (Lipinski definition) is 1. The molecule has 0 aromatic carbocycles. The van der Waals surface area contributed by atoms with E-state index in [0.29, 0.717) is 0 Å². The highest BCUT2D eigenvalue weighted by Crippen LogP contribution is 2.14. The van der Waals surface area contributed by atoms with E-state index >= 15 is 0 Å². The number of amides is 1. The topological polar surface area (TPSA) is 107 Å². The Morgan fingerprint density at radius 1 is 1.61 bits per heavy atom. The Labute approximate surface area is 105 Å². The number of aromatic nitrogens is 3. The number of nitriles is 2. The summed E-state index contributed by atoms with van der Waals surface area (Å²) in [7, 11) is 0. The quantitative estimate of drug-likeness (QED) is 0.816. The average molecular weight is 246 g/mol. The molecule has 1 amide bonds. The maximum Gasteiger partial charge on any atom is 0.252 e. The zero-order chi connectivity index (χ0) is 13.8. The molecule has 7 nitrogen and oxygen atoms in total. The lowest BCUT2D eigenvalue weighted by atomic mass is 9.90. The normalized spacial score (nSPS) is 13.4. The van der Waals surface area contributed by atoms with Gasteiger partial charge in [0.2, 0.25) is 5.91 Å². The molecule has 1 rings (SSSR count). The van der Waals surface area contributed by atoms with Crippen LogP contribution in [0, 0.1) is 28.6 Å². The van der Waals surface area contributed by atoms with E-state index in [9.17, 15) is 4.79 Å². The van der Waals surface area contributed by atoms with Gasteiger partial charge < -0.3 is 5.32 Å². The Balaban J connectivity index is 2.68. The minimum absolute atomic E-state index is 0.00899. The number of nitrogens with one attached hydrogen (secondary N) is 1. The standard InChI is InChI=1S/C11H14N6O/c1-8(2)11(3,6-13)15-10(18)5-17-7-14-9(4-12)16-17/h7-8H,5H2,1-3H3,(H,15,18). The first-order chi connectivity index (χ1) is 8.41. The highest BCUT2D eigenvalue weighted by Gasteiger charge is 2.29. The fourth-order valence-corrected chi connectivity index (χ4v) is 1.20. The van der Waals surface area contributed by atoms with E-state index < -0.39 is 5.54 Å². The summed E-state index contributed by atoms with van der Waals surface area (Å²) in [6.45, 7) is 5.30. The molecule has 0 saturated heterocycles. The molecule has 0 spiro atoms. The van der Waals surface area contributed by atoms with Gasteiger partial charge >= 0.3 is 0 Å². The van der Waals surface area contributed by atoms with Crippen LogP contribution in [0.4, 0.5) is 0 Å². The van der Waals surface area contributed by atoms with Crippen LogP contribution >= 0.6 is 0 Å². The van der Waals surface area contributed by atoms with Crippen LogP contribution in [0.25, 0.3) is 0 Å². The summed E-state index contributed by atoms with van der Waals surface area (Å²) in [6, 6.07) is 3.85. The van der Waals surface area contributed by atoms with E-state index in [1.54, 1.807) is 13.0 Å². The molecule has 0 radical (unpaired) electrons. The summed E-state index contributed by atoms with van der Waals surface area (Å²) < 4.78 is 1.26. The van der Waals surface area contributed by atoms with Gasteiger partial charge in [0.1, 0.15) is 24.5 Å². The molecule has 1 heterocycles. The van der Waals surface area contributed by atoms with Gasteiger partial charge in [-0.05, 0) is 12.8 Å². The maximum absolute atomic E-state index is 11.8. The molecule has 1 aromatic rings. The van der Waals surface area contributed by atoms with Crippen molar-refractivity contribution in [3.05, 3.63) is 12.2 Å². The van der Waals surface area contributed by atoms with Crippen molar-refractivity contribution >= 4 is 5.91 Å². The molecule has 1 atom stereocenters. The fourth-order valence-electron chi connectivity index (χ4n) is 1.20. The smallest absolute Gasteiger partial charge is 0.252 e. The molecule has 0 saturated carbocycles. The first kappa shape index (κ1) is 13.7. The van der Waals surface area contributed by atoms with Crippen molar-refractivity contribution in [3.63, 3.8) is 0 Å². The second-order valence-electron chi connectivity index (χ2n) is 4.39. The zero-order valence-electron chi connectivity index (χ0n) is 10.5. The lowest BCUT2D eigenvalue weighted by molar-refractivity contribution is -0.123. The number of carbonyl (C=O) groups is 1. The van der Waals surface area contributed by atoms with Crippen molar-refractivity contribution in [2.75, 3.05) is 0 Å². The minimum atomic E-state index is -0.921. The van der Waals surface area contributed by atoms with Gasteiger partial charge in [-0.15, -0.1) is 5.10 Å². The number of rotatable bonds is 4. The summed E-state index contributed by atoms with van der Waals surface area (Å²) in [5.74, 6) is -0.353. The van der Waals surface area contributed by atoms with Gasteiger partial charge in [0.25, 0.3) is 5.82 Å². The first-order valence-corrected chi connectivity index (χ1v) is 5.43. The van der Waals surface area contributed by atoms with Crippen LogP contribution in [0.2, 0.25) is 0 Å². The Bertz CT molecular complexity index is 520. The summed E-state index contributed by atoms with van der Waals surface area (Å²) in [4.78, 5) is 15.4. The number of hydrogen-bond acceptors (Lipinski definition) is 5. The van der Waals surface area contributed by atoms with E-state index in [1.807, 2.05) is 13.8 Å². The van der Waals surface area contributed by atoms with Gasteiger partial charge in [-0.3, -0.25) is 4.79 Å². The van der Waals surface area contributed by atoms with E-state index in [0.717, 1.165) is 0 Å². The Hall–Kier alpha value is -2.41. The van der Waals surface area contributed by atoms with E-state index in [1.165, 1.54) is 11.0 Å². The van der Waals surface area contributed by atoms with Crippen LogP contribution in [0.3, 0.4) is 0 Å². The van der Waals surface area contributed by atoms with Gasteiger partial charge in [-0.1, -0.05) is 13.8 Å². The molecular formula is C11H14N6O. The third-order valence-corrected chi connectivity index (χ3v) is 2.73. The SMILES string of the molecule is CC(C)C(C)(C#N)NC(=O)Cn1cnc(C#N)n1. The lowest BCUT2D eigenvalue weighted by Gasteiger charge is -2.27. The van der Waals surface area contributed by atoms with Crippen molar-refractivity contribution in [3.8, 4) is 12.1 Å². The van der Waals surface area contributed by atoms with Gasteiger partial charge in [0.05, 0.1) is 6.07 Å². The van der Waals surface area contributed by atoms with Crippen LogP contribution in [-0.2, 0) is 11.3 Å². The summed E-state index contributed by atoms with van der Waals surface area (Å²) in [6.07, 6.45) is 1.30. The van der Waals surface area contributed by atoms with Gasteiger partial charge in [0.15, 0.2) is 0 Å². The van der Waals surface area contributed by atoms with Crippen molar-refractivity contribution in [2.45, 2.75) is 32.9 Å². The average Bonchev–Trinajstić information content (AvgIpc) is 2.76. The van der Waals surface area contributed by atoms with Crippen LogP contribution in [-0.4, -0.2) is 26.2 Å². The lowest BCUT2D eigenvalue weighted by Crippen LogP contribution is -2.49. The van der Waals surface area contributed by atoms with Gasteiger partial charge in [-0.25, -0.2) is 9.67 Å². The van der Waals surface area contributed by atoms with Crippen molar-refractivity contribution in [1.29, 1.82) is 10.5 Å². The van der Waals surface area contributed by atoms with Crippen LogP contribution < -0.4 is 5.32 Å². The molecule has 0 aliphatic carbocycles. The Morgan fingerprint density at radius 3 is 2.72 bits per heavy atom. The molecule has 7 heteroatoms. The molecule has 1 N–H and O–H groups in total. The van der Waals surface area contributed by atoms with E-state index in [2.05, 4.69) is 21.5 Å². The highest BCUT2D eigenvalue weighted by atomic mass is 16.2. The molecule has 94 valence electrons. The van der Waals surface area contributed by atoms with Crippen LogP contribution in [0.15, 0.2) is 6.33 Å².